The summed E-state index contributed by atoms with van der Waals surface area (Å²) < 4.78 is 21.0. The molecule has 148 valence electrons. The number of methoxy groups -OCH3 is 1. The Bertz CT molecular complexity index is 647. The molecule has 27 heavy (non-hydrogen) atoms. The van der Waals surface area contributed by atoms with Gasteiger partial charge < -0.3 is 24.1 Å². The first-order valence-electron chi connectivity index (χ1n) is 8.80. The first-order valence-corrected chi connectivity index (χ1v) is 8.80. The van der Waals surface area contributed by atoms with E-state index in [0.29, 0.717) is 37.5 Å². The summed E-state index contributed by atoms with van der Waals surface area (Å²) >= 11 is 0. The average molecular weight is 377 g/mol. The Morgan fingerprint density at radius 2 is 2.19 bits per heavy atom. The van der Waals surface area contributed by atoms with E-state index in [0.717, 1.165) is 5.56 Å². The molecule has 0 fully saturated rings. The molecule has 1 aliphatic rings. The number of nitrogens with zero attached hydrogens (tertiary/aromatic N) is 1. The smallest absolute Gasteiger partial charge is 0.414 e. The predicted octanol–water partition coefficient (Wildman–Crippen LogP) is 2.68. The van der Waals surface area contributed by atoms with E-state index in [9.17, 15) is 9.90 Å². The number of ether oxygens (including phenoxy) is 4. The Balaban J connectivity index is 2.12. The molecular weight excluding hydrogens is 350 g/mol. The lowest BCUT2D eigenvalue weighted by molar-refractivity contribution is -0.00849. The number of aliphatic hydroxyl groups is 1. The molecule has 0 aromatic heterocycles. The zero-order valence-corrected chi connectivity index (χ0v) is 15.6. The first kappa shape index (κ1) is 21.0. The summed E-state index contributed by atoms with van der Waals surface area (Å²) in [4.78, 5) is 14.0. The van der Waals surface area contributed by atoms with Crippen LogP contribution in [0.1, 0.15) is 12.0 Å². The molecule has 2 atom stereocenters. The zero-order valence-electron chi connectivity index (χ0n) is 15.6. The van der Waals surface area contributed by atoms with Crippen LogP contribution in [0.4, 0.5) is 10.5 Å². The number of benzene rings is 1. The molecule has 0 bridgehead atoms. The van der Waals surface area contributed by atoms with E-state index in [1.54, 1.807) is 25.3 Å². The minimum Gasteiger partial charge on any atom is -0.468 e. The van der Waals surface area contributed by atoms with Crippen molar-refractivity contribution in [3.8, 4) is 5.75 Å². The number of aliphatic hydroxyl groups excluding tert-OH is 1. The second-order valence-corrected chi connectivity index (χ2v) is 6.05. The van der Waals surface area contributed by atoms with Gasteiger partial charge in [0, 0.05) is 7.11 Å². The van der Waals surface area contributed by atoms with E-state index in [2.05, 4.69) is 13.2 Å². The number of amides is 1. The van der Waals surface area contributed by atoms with Crippen molar-refractivity contribution < 1.29 is 28.8 Å². The molecule has 1 N–H and O–H groups in total. The normalized spacial score (nSPS) is 16.5. The minimum atomic E-state index is -0.743. The van der Waals surface area contributed by atoms with Crippen LogP contribution in [-0.2, 0) is 20.6 Å². The standard InChI is InChI=1S/C20H27NO6/c1-4-6-19(22)18-13-15-12-16(27-14-25-11-10-24-3)7-8-17(15)21(18)20(23)26-9-5-2/h4-5,7-8,12,18-19,22H,1-2,6,9-11,13-14H2,3H3/t18-,19-/m0/s1. The van der Waals surface area contributed by atoms with Gasteiger partial charge in [0.2, 0.25) is 0 Å². The van der Waals surface area contributed by atoms with E-state index < -0.39 is 18.2 Å². The Morgan fingerprint density at radius 1 is 1.37 bits per heavy atom. The maximum Gasteiger partial charge on any atom is 0.414 e. The highest BCUT2D eigenvalue weighted by Gasteiger charge is 2.38. The lowest BCUT2D eigenvalue weighted by atomic mass is 10.0. The van der Waals surface area contributed by atoms with Crippen LogP contribution in [0.15, 0.2) is 43.5 Å². The van der Waals surface area contributed by atoms with Crippen molar-refractivity contribution in [2.24, 2.45) is 0 Å². The Kier molecular flexibility index (Phi) is 8.32. The second kappa shape index (κ2) is 10.7. The maximum absolute atomic E-state index is 12.5. The van der Waals surface area contributed by atoms with Crippen LogP contribution in [0.3, 0.4) is 0 Å². The number of rotatable bonds is 11. The number of hydrogen-bond donors (Lipinski definition) is 1. The summed E-state index contributed by atoms with van der Waals surface area (Å²) in [6, 6.07) is 4.97. The van der Waals surface area contributed by atoms with E-state index in [4.69, 9.17) is 18.9 Å². The third kappa shape index (κ3) is 5.56. The lowest BCUT2D eigenvalue weighted by Gasteiger charge is -2.28. The Morgan fingerprint density at radius 3 is 2.89 bits per heavy atom. The van der Waals surface area contributed by atoms with Crippen LogP contribution in [0, 0.1) is 0 Å². The van der Waals surface area contributed by atoms with E-state index in [1.165, 1.54) is 11.0 Å². The molecule has 1 aromatic rings. The van der Waals surface area contributed by atoms with Gasteiger partial charge in [-0.15, -0.1) is 6.58 Å². The van der Waals surface area contributed by atoms with Gasteiger partial charge in [0.25, 0.3) is 0 Å². The van der Waals surface area contributed by atoms with Crippen LogP contribution in [0.5, 0.6) is 5.75 Å². The van der Waals surface area contributed by atoms with Crippen molar-refractivity contribution in [3.63, 3.8) is 0 Å². The van der Waals surface area contributed by atoms with Crippen molar-refractivity contribution in [3.05, 3.63) is 49.1 Å². The largest absolute Gasteiger partial charge is 0.468 e. The topological polar surface area (TPSA) is 77.5 Å². The van der Waals surface area contributed by atoms with Gasteiger partial charge in [-0.05, 0) is 36.6 Å². The third-order valence-corrected chi connectivity index (χ3v) is 4.19. The van der Waals surface area contributed by atoms with Gasteiger partial charge in [0.1, 0.15) is 12.4 Å². The summed E-state index contributed by atoms with van der Waals surface area (Å²) in [5.74, 6) is 0.629. The molecule has 0 saturated carbocycles. The number of hydrogen-bond acceptors (Lipinski definition) is 6. The van der Waals surface area contributed by atoms with Gasteiger partial charge in [-0.3, -0.25) is 4.90 Å². The highest BCUT2D eigenvalue weighted by molar-refractivity contribution is 5.91. The van der Waals surface area contributed by atoms with Crippen molar-refractivity contribution in [2.75, 3.05) is 38.6 Å². The molecule has 1 aromatic carbocycles. The maximum atomic E-state index is 12.5. The minimum absolute atomic E-state index is 0.106. The molecule has 2 rings (SSSR count). The summed E-state index contributed by atoms with van der Waals surface area (Å²) in [5, 5.41) is 10.5. The van der Waals surface area contributed by atoms with Gasteiger partial charge in [0.15, 0.2) is 6.79 Å². The van der Waals surface area contributed by atoms with Crippen molar-refractivity contribution >= 4 is 11.8 Å². The monoisotopic (exact) mass is 377 g/mol. The molecule has 0 unspecified atom stereocenters. The molecule has 0 saturated heterocycles. The third-order valence-electron chi connectivity index (χ3n) is 4.19. The van der Waals surface area contributed by atoms with E-state index in [-0.39, 0.29) is 13.4 Å². The Hall–Kier alpha value is -2.35. The molecule has 0 aliphatic carbocycles. The fourth-order valence-corrected chi connectivity index (χ4v) is 2.93. The van der Waals surface area contributed by atoms with E-state index in [1.807, 2.05) is 6.07 Å². The predicted molar refractivity (Wildman–Crippen MR) is 102 cm³/mol. The molecule has 1 aliphatic heterocycles. The van der Waals surface area contributed by atoms with Gasteiger partial charge in [-0.2, -0.15) is 0 Å². The summed E-state index contributed by atoms with van der Waals surface area (Å²) in [6.45, 7) is 8.37. The Labute approximate surface area is 159 Å². The summed E-state index contributed by atoms with van der Waals surface area (Å²) in [5.41, 5.74) is 1.60. The fraction of sp³-hybridized carbons (Fsp3) is 0.450. The second-order valence-electron chi connectivity index (χ2n) is 6.05. The molecule has 7 nitrogen and oxygen atoms in total. The highest BCUT2D eigenvalue weighted by atomic mass is 16.7. The zero-order chi connectivity index (χ0) is 19.6. The van der Waals surface area contributed by atoms with Gasteiger partial charge in [-0.1, -0.05) is 18.7 Å². The number of carbonyl (C=O) groups excluding carboxylic acids is 1. The van der Waals surface area contributed by atoms with Crippen molar-refractivity contribution in [1.29, 1.82) is 0 Å². The quantitative estimate of drug-likeness (QED) is 0.363. The van der Waals surface area contributed by atoms with Gasteiger partial charge in [0.05, 0.1) is 31.0 Å². The molecule has 7 heteroatoms. The van der Waals surface area contributed by atoms with Crippen LogP contribution < -0.4 is 9.64 Å². The average Bonchev–Trinajstić information content (AvgIpc) is 3.05. The number of fused-ring (bicyclic) bond motifs is 1. The molecule has 1 amide bonds. The van der Waals surface area contributed by atoms with Gasteiger partial charge in [-0.25, -0.2) is 4.79 Å². The fourth-order valence-electron chi connectivity index (χ4n) is 2.93. The molecule has 0 spiro atoms. The van der Waals surface area contributed by atoms with Gasteiger partial charge >= 0.3 is 6.09 Å². The van der Waals surface area contributed by atoms with Crippen LogP contribution in [0.25, 0.3) is 0 Å². The first-order chi connectivity index (χ1) is 13.1. The molecule has 0 radical (unpaired) electrons. The number of anilines is 1. The van der Waals surface area contributed by atoms with Crippen molar-refractivity contribution in [2.45, 2.75) is 25.0 Å². The number of carbonyl (C=O) groups is 1. The lowest BCUT2D eigenvalue weighted by Crippen LogP contribution is -2.45. The summed E-state index contributed by atoms with van der Waals surface area (Å²) in [7, 11) is 1.60. The van der Waals surface area contributed by atoms with Crippen LogP contribution >= 0.6 is 0 Å². The molecular formula is C20H27NO6. The SMILES string of the molecule is C=CCOC(=O)N1c2ccc(OCOCCOC)cc2C[C@H]1[C@@H](O)CC=C. The van der Waals surface area contributed by atoms with E-state index >= 15 is 0 Å². The van der Waals surface area contributed by atoms with Crippen LogP contribution in [-0.4, -0.2) is 57.1 Å². The molecule has 1 heterocycles. The summed E-state index contributed by atoms with van der Waals surface area (Å²) in [6.07, 6.45) is 2.75. The van der Waals surface area contributed by atoms with Crippen LogP contribution in [0.2, 0.25) is 0 Å². The highest BCUT2D eigenvalue weighted by Crippen LogP contribution is 2.37. The van der Waals surface area contributed by atoms with Crippen molar-refractivity contribution in [1.82, 2.24) is 0 Å².